The van der Waals surface area contributed by atoms with E-state index in [0.29, 0.717) is 48.9 Å². The quantitative estimate of drug-likeness (QED) is 0.244. The zero-order valence-corrected chi connectivity index (χ0v) is 28.4. The molecule has 7 rings (SSSR count). The first-order chi connectivity index (χ1) is 23.6. The first-order valence-electron chi connectivity index (χ1n) is 16.1. The highest BCUT2D eigenvalue weighted by molar-refractivity contribution is 7.23. The van der Waals surface area contributed by atoms with E-state index in [-0.39, 0.29) is 55.7 Å². The van der Waals surface area contributed by atoms with E-state index in [2.05, 4.69) is 21.4 Å². The molecule has 14 heteroatoms. The maximum atomic E-state index is 16.3. The minimum absolute atomic E-state index is 0.00861. The van der Waals surface area contributed by atoms with Gasteiger partial charge in [-0.25, -0.2) is 13.2 Å². The highest BCUT2D eigenvalue weighted by atomic mass is 32.1. The van der Waals surface area contributed by atoms with Crippen molar-refractivity contribution in [3.8, 4) is 23.2 Å². The van der Waals surface area contributed by atoms with E-state index in [9.17, 15) is 18.8 Å². The van der Waals surface area contributed by atoms with Gasteiger partial charge in [0, 0.05) is 49.6 Å². The lowest BCUT2D eigenvalue weighted by molar-refractivity contribution is -0.127. The molecule has 2 aromatic carbocycles. The van der Waals surface area contributed by atoms with Crippen LogP contribution in [-0.4, -0.2) is 97.5 Å². The number of nitrogen functional groups attached to an aromatic ring is 1. The molecule has 3 aliphatic heterocycles. The van der Waals surface area contributed by atoms with Crippen LogP contribution < -0.4 is 15.4 Å². The maximum Gasteiger partial charge on any atom is 0.318 e. The van der Waals surface area contributed by atoms with E-state index >= 15 is 4.39 Å². The summed E-state index contributed by atoms with van der Waals surface area (Å²) in [6.07, 6.45) is 4.71. The summed E-state index contributed by atoms with van der Waals surface area (Å²) in [6.45, 7) is 6.25. The molecule has 3 fully saturated rings. The van der Waals surface area contributed by atoms with Gasteiger partial charge >= 0.3 is 6.01 Å². The number of alkyl halides is 1. The lowest BCUT2D eigenvalue weighted by atomic mass is 9.97. The lowest BCUT2D eigenvalue weighted by Gasteiger charge is -2.33. The molecule has 0 saturated carbocycles. The van der Waals surface area contributed by atoms with Crippen molar-refractivity contribution in [1.29, 1.82) is 5.26 Å². The minimum atomic E-state index is -0.683. The van der Waals surface area contributed by atoms with Crippen LogP contribution in [0.3, 0.4) is 0 Å². The lowest BCUT2D eigenvalue weighted by Crippen LogP contribution is -2.48. The van der Waals surface area contributed by atoms with Crippen LogP contribution in [-0.2, 0) is 9.53 Å². The van der Waals surface area contributed by atoms with E-state index in [0.717, 1.165) is 24.3 Å². The van der Waals surface area contributed by atoms with Crippen molar-refractivity contribution < 1.29 is 27.4 Å². The number of aromatic nitrogens is 2. The van der Waals surface area contributed by atoms with Crippen LogP contribution in [0.4, 0.5) is 24.0 Å². The molecule has 5 heterocycles. The molecule has 0 bridgehead atoms. The number of nitrogens with two attached hydrogens (primary N) is 1. The summed E-state index contributed by atoms with van der Waals surface area (Å²) >= 11 is 0.944. The van der Waals surface area contributed by atoms with Crippen LogP contribution in [0.1, 0.15) is 31.2 Å². The minimum Gasteiger partial charge on any atom is -0.467 e. The Kier molecular flexibility index (Phi) is 9.96. The molecule has 0 radical (unpaired) electrons. The zero-order chi connectivity index (χ0) is 35.0. The SMILES string of the molecule is C=CC(=O)N1CC[C@@H](N(C)c2nc(OC)nc3c(F)c(-c4ccc(F)c5sc(N)c(C#N)c45)ccc23)[C@H]1COC.FC1CC2CCCN2C1. The number of carbonyl (C=O) groups excluding carboxylic acids is 1. The van der Waals surface area contributed by atoms with Crippen molar-refractivity contribution >= 4 is 49.1 Å². The monoisotopic (exact) mass is 693 g/mol. The number of likely N-dealkylation sites (N-methyl/N-ethyl adjacent to an activating group) is 1. The number of benzene rings is 2. The third-order valence-electron chi connectivity index (χ3n) is 9.77. The Morgan fingerprint density at radius 3 is 2.67 bits per heavy atom. The third-order valence-corrected chi connectivity index (χ3v) is 10.8. The summed E-state index contributed by atoms with van der Waals surface area (Å²) in [5.74, 6) is -1.02. The van der Waals surface area contributed by atoms with Gasteiger partial charge in [0.05, 0.1) is 36.1 Å². The third kappa shape index (κ3) is 6.26. The smallest absolute Gasteiger partial charge is 0.318 e. The number of rotatable bonds is 7. The number of ether oxygens (including phenoxy) is 2. The number of nitrogens with zero attached hydrogens (tertiary/aromatic N) is 6. The summed E-state index contributed by atoms with van der Waals surface area (Å²) < 4.78 is 54.5. The number of nitriles is 1. The van der Waals surface area contributed by atoms with Crippen LogP contribution in [0.5, 0.6) is 6.01 Å². The fraction of sp³-hybridized carbons (Fsp3) is 0.429. The number of thiophene rings is 1. The van der Waals surface area contributed by atoms with Gasteiger partial charge in [0.2, 0.25) is 5.91 Å². The van der Waals surface area contributed by atoms with Crippen LogP contribution >= 0.6 is 11.3 Å². The molecule has 2 N–H and O–H groups in total. The number of fused-ring (bicyclic) bond motifs is 3. The number of halogens is 3. The number of carbonyl (C=O) groups is 1. The molecule has 1 amide bonds. The second-order valence-electron chi connectivity index (χ2n) is 12.5. The standard InChI is InChI=1S/C28H26F2N6O3S.C7H12FN/c1-5-21(37)36-11-10-19(20(36)13-38-3)35(2)27-16-7-6-15(23(30)24(16)33-28(34-27)39-4)14-8-9-18(29)25-22(14)17(12-31)26(32)40-25;8-6-4-7-2-1-3-9(7)5-6/h5-9,19-20H,1,10-11,13,32H2,2-4H3;6-7H,1-5H2/t19-,20-;/m1./s1. The Balaban J connectivity index is 0.000000396. The Bertz CT molecular complexity index is 1940. The number of hydrogen-bond acceptors (Lipinski definition) is 10. The van der Waals surface area contributed by atoms with Gasteiger partial charge in [-0.2, -0.15) is 15.2 Å². The van der Waals surface area contributed by atoms with Crippen LogP contribution in [0, 0.1) is 23.0 Å². The van der Waals surface area contributed by atoms with Gasteiger partial charge in [0.25, 0.3) is 0 Å². The predicted molar refractivity (Wildman–Crippen MR) is 184 cm³/mol. The largest absolute Gasteiger partial charge is 0.467 e. The van der Waals surface area contributed by atoms with E-state index in [1.165, 1.54) is 38.2 Å². The molecule has 2 unspecified atom stereocenters. The number of anilines is 2. The summed E-state index contributed by atoms with van der Waals surface area (Å²) in [4.78, 5) is 27.2. The van der Waals surface area contributed by atoms with Gasteiger partial charge in [0.15, 0.2) is 5.82 Å². The average molecular weight is 694 g/mol. The fourth-order valence-electron chi connectivity index (χ4n) is 7.45. The first-order valence-corrected chi connectivity index (χ1v) is 16.9. The summed E-state index contributed by atoms with van der Waals surface area (Å²) in [5.41, 5.74) is 6.52. The predicted octanol–water partition coefficient (Wildman–Crippen LogP) is 5.68. The average Bonchev–Trinajstić information content (AvgIpc) is 3.88. The molecule has 0 aliphatic carbocycles. The molecule has 4 aromatic rings. The molecule has 2 aromatic heterocycles. The molecule has 3 aliphatic rings. The fourth-order valence-corrected chi connectivity index (χ4v) is 8.40. The second-order valence-corrected chi connectivity index (χ2v) is 13.5. The molecular weight excluding hydrogens is 655 g/mol. The van der Waals surface area contributed by atoms with Crippen LogP contribution in [0.2, 0.25) is 0 Å². The molecule has 49 heavy (non-hydrogen) atoms. The molecular formula is C35H38F3N7O3S. The number of amides is 1. The van der Waals surface area contributed by atoms with Gasteiger partial charge in [-0.3, -0.25) is 9.69 Å². The van der Waals surface area contributed by atoms with E-state index in [1.54, 1.807) is 24.1 Å². The van der Waals surface area contributed by atoms with Gasteiger partial charge in [-0.15, -0.1) is 11.3 Å². The molecule has 258 valence electrons. The van der Waals surface area contributed by atoms with Gasteiger partial charge < -0.3 is 25.0 Å². The topological polar surface area (TPSA) is 121 Å². The van der Waals surface area contributed by atoms with Crippen molar-refractivity contribution in [1.82, 2.24) is 19.8 Å². The van der Waals surface area contributed by atoms with Gasteiger partial charge in [0.1, 0.15) is 34.4 Å². The first kappa shape index (κ1) is 34.4. The summed E-state index contributed by atoms with van der Waals surface area (Å²) in [5, 5.41) is 10.5. The van der Waals surface area contributed by atoms with E-state index in [1.807, 2.05) is 18.0 Å². The van der Waals surface area contributed by atoms with Crippen molar-refractivity contribution in [2.75, 3.05) is 58.1 Å². The van der Waals surface area contributed by atoms with E-state index in [4.69, 9.17) is 15.2 Å². The second kappa shape index (κ2) is 14.2. The zero-order valence-electron chi connectivity index (χ0n) is 27.6. The van der Waals surface area contributed by atoms with Crippen molar-refractivity contribution in [2.24, 2.45) is 0 Å². The Morgan fingerprint density at radius 2 is 1.98 bits per heavy atom. The summed E-state index contributed by atoms with van der Waals surface area (Å²) in [6, 6.07) is 7.99. The summed E-state index contributed by atoms with van der Waals surface area (Å²) in [7, 11) is 4.77. The van der Waals surface area contributed by atoms with E-state index < -0.39 is 17.8 Å². The van der Waals surface area contributed by atoms with Gasteiger partial charge in [-0.1, -0.05) is 18.7 Å². The molecule has 0 spiro atoms. The number of methoxy groups -OCH3 is 2. The Hall–Kier alpha value is -4.45. The molecule has 4 atom stereocenters. The Labute approximate surface area is 286 Å². The van der Waals surface area contributed by atoms with Crippen LogP contribution in [0.15, 0.2) is 36.9 Å². The Morgan fingerprint density at radius 1 is 1.20 bits per heavy atom. The maximum absolute atomic E-state index is 16.3. The number of hydrogen-bond donors (Lipinski definition) is 1. The number of likely N-dealkylation sites (tertiary alicyclic amines) is 1. The highest BCUT2D eigenvalue weighted by Crippen LogP contribution is 2.43. The normalized spacial score (nSPS) is 21.8. The van der Waals surface area contributed by atoms with Crippen molar-refractivity contribution in [2.45, 2.75) is 50.0 Å². The molecule has 10 nitrogen and oxygen atoms in total. The highest BCUT2D eigenvalue weighted by Gasteiger charge is 2.40. The van der Waals surface area contributed by atoms with Crippen molar-refractivity contribution in [3.05, 3.63) is 54.1 Å². The van der Waals surface area contributed by atoms with Gasteiger partial charge in [-0.05, 0) is 56.0 Å². The molecule has 3 saturated heterocycles. The van der Waals surface area contributed by atoms with Crippen LogP contribution in [0.25, 0.3) is 32.1 Å². The van der Waals surface area contributed by atoms with Crippen molar-refractivity contribution in [3.63, 3.8) is 0 Å².